The first-order valence-corrected chi connectivity index (χ1v) is 7.49. The minimum absolute atomic E-state index is 0.000217. The van der Waals surface area contributed by atoms with E-state index in [4.69, 9.17) is 9.15 Å². The van der Waals surface area contributed by atoms with E-state index in [-0.39, 0.29) is 24.2 Å². The normalized spacial score (nSPS) is 10.2. The molecule has 0 saturated heterocycles. The highest BCUT2D eigenvalue weighted by Crippen LogP contribution is 2.16. The van der Waals surface area contributed by atoms with E-state index in [1.165, 1.54) is 6.26 Å². The van der Waals surface area contributed by atoms with Gasteiger partial charge in [-0.3, -0.25) is 9.59 Å². The molecule has 0 bridgehead atoms. The average molecular weight is 316 g/mol. The van der Waals surface area contributed by atoms with Crippen LogP contribution in [0.1, 0.15) is 24.4 Å². The van der Waals surface area contributed by atoms with Gasteiger partial charge in [-0.2, -0.15) is 0 Å². The van der Waals surface area contributed by atoms with Crippen molar-refractivity contribution in [1.29, 1.82) is 0 Å². The SMILES string of the molecule is CCN(CC)C(=O)COc1ccc(NC(=O)c2ccco2)cc1. The largest absolute Gasteiger partial charge is 0.484 e. The Kier molecular flexibility index (Phi) is 5.80. The molecule has 0 aliphatic heterocycles. The van der Waals surface area contributed by atoms with Crippen LogP contribution in [0, 0.1) is 0 Å². The van der Waals surface area contributed by atoms with Crippen LogP contribution in [0.3, 0.4) is 0 Å². The number of carbonyl (C=O) groups is 2. The van der Waals surface area contributed by atoms with Crippen LogP contribution in [0.25, 0.3) is 0 Å². The molecule has 2 amide bonds. The third-order valence-corrected chi connectivity index (χ3v) is 3.34. The van der Waals surface area contributed by atoms with Gasteiger partial charge in [0.1, 0.15) is 5.75 Å². The first-order chi connectivity index (χ1) is 11.1. The van der Waals surface area contributed by atoms with Crippen molar-refractivity contribution in [3.63, 3.8) is 0 Å². The number of nitrogens with zero attached hydrogens (tertiary/aromatic N) is 1. The fraction of sp³-hybridized carbons (Fsp3) is 0.294. The average Bonchev–Trinajstić information content (AvgIpc) is 3.10. The van der Waals surface area contributed by atoms with Gasteiger partial charge < -0.3 is 19.4 Å². The molecule has 6 nitrogen and oxygen atoms in total. The van der Waals surface area contributed by atoms with E-state index in [1.807, 2.05) is 13.8 Å². The lowest BCUT2D eigenvalue weighted by Gasteiger charge is -2.18. The quantitative estimate of drug-likeness (QED) is 0.852. The number of carbonyl (C=O) groups excluding carboxylic acids is 2. The Balaban J connectivity index is 1.87. The molecule has 0 unspecified atom stereocenters. The fourth-order valence-electron chi connectivity index (χ4n) is 2.05. The molecule has 1 aromatic carbocycles. The minimum Gasteiger partial charge on any atom is -0.484 e. The van der Waals surface area contributed by atoms with Gasteiger partial charge in [0.25, 0.3) is 11.8 Å². The van der Waals surface area contributed by atoms with E-state index in [0.717, 1.165) is 0 Å². The predicted octanol–water partition coefficient (Wildman–Crippen LogP) is 2.78. The third kappa shape index (κ3) is 4.60. The van der Waals surface area contributed by atoms with Crippen LogP contribution in [0.5, 0.6) is 5.75 Å². The van der Waals surface area contributed by atoms with Gasteiger partial charge in [0.2, 0.25) is 0 Å². The number of hydrogen-bond acceptors (Lipinski definition) is 4. The molecular weight excluding hydrogens is 296 g/mol. The molecule has 122 valence electrons. The summed E-state index contributed by atoms with van der Waals surface area (Å²) >= 11 is 0. The van der Waals surface area contributed by atoms with Crippen molar-refractivity contribution in [2.75, 3.05) is 25.0 Å². The maximum absolute atomic E-state index is 11.9. The minimum atomic E-state index is -0.319. The highest BCUT2D eigenvalue weighted by atomic mass is 16.5. The van der Waals surface area contributed by atoms with Crippen LogP contribution in [0.2, 0.25) is 0 Å². The smallest absolute Gasteiger partial charge is 0.291 e. The molecule has 0 fully saturated rings. The number of likely N-dealkylation sites (N-methyl/N-ethyl adjacent to an activating group) is 1. The molecule has 0 saturated carbocycles. The van der Waals surface area contributed by atoms with Crippen molar-refractivity contribution in [3.05, 3.63) is 48.4 Å². The summed E-state index contributed by atoms with van der Waals surface area (Å²) in [5, 5.41) is 2.71. The lowest BCUT2D eigenvalue weighted by Crippen LogP contribution is -2.34. The molecule has 2 aromatic rings. The van der Waals surface area contributed by atoms with Crippen LogP contribution in [-0.2, 0) is 4.79 Å². The highest BCUT2D eigenvalue weighted by molar-refractivity contribution is 6.02. The molecule has 0 spiro atoms. The number of rotatable bonds is 7. The number of ether oxygens (including phenoxy) is 1. The molecule has 1 heterocycles. The molecular formula is C17H20N2O4. The summed E-state index contributed by atoms with van der Waals surface area (Å²) in [6, 6.07) is 10.1. The van der Waals surface area contributed by atoms with Crippen molar-refractivity contribution in [1.82, 2.24) is 4.90 Å². The monoisotopic (exact) mass is 316 g/mol. The Morgan fingerprint density at radius 2 is 1.83 bits per heavy atom. The van der Waals surface area contributed by atoms with E-state index in [9.17, 15) is 9.59 Å². The Hall–Kier alpha value is -2.76. The summed E-state index contributed by atoms with van der Waals surface area (Å²) in [5.41, 5.74) is 0.619. The van der Waals surface area contributed by atoms with E-state index >= 15 is 0 Å². The number of benzene rings is 1. The van der Waals surface area contributed by atoms with E-state index in [2.05, 4.69) is 5.32 Å². The molecule has 0 aliphatic rings. The zero-order valence-electron chi connectivity index (χ0n) is 13.2. The van der Waals surface area contributed by atoms with Gasteiger partial charge in [-0.1, -0.05) is 0 Å². The zero-order chi connectivity index (χ0) is 16.7. The lowest BCUT2D eigenvalue weighted by atomic mass is 10.3. The highest BCUT2D eigenvalue weighted by Gasteiger charge is 2.11. The number of furan rings is 1. The van der Waals surface area contributed by atoms with Crippen molar-refractivity contribution in [2.45, 2.75) is 13.8 Å². The van der Waals surface area contributed by atoms with Crippen molar-refractivity contribution in [2.24, 2.45) is 0 Å². The molecule has 0 atom stereocenters. The topological polar surface area (TPSA) is 71.8 Å². The summed E-state index contributed by atoms with van der Waals surface area (Å²) in [7, 11) is 0. The molecule has 1 N–H and O–H groups in total. The van der Waals surface area contributed by atoms with E-state index < -0.39 is 0 Å². The second-order valence-electron chi connectivity index (χ2n) is 4.81. The van der Waals surface area contributed by atoms with Crippen LogP contribution in [0.4, 0.5) is 5.69 Å². The van der Waals surface area contributed by atoms with Crippen LogP contribution in [0.15, 0.2) is 47.1 Å². The summed E-state index contributed by atoms with van der Waals surface area (Å²) in [5.74, 6) is 0.447. The standard InChI is InChI=1S/C17H20N2O4/c1-3-19(4-2)16(20)12-23-14-9-7-13(8-10-14)18-17(21)15-6-5-11-22-15/h5-11H,3-4,12H2,1-2H3,(H,18,21). The Morgan fingerprint density at radius 1 is 1.13 bits per heavy atom. The number of amides is 2. The van der Waals surface area contributed by atoms with Gasteiger partial charge in [-0.15, -0.1) is 0 Å². The summed E-state index contributed by atoms with van der Waals surface area (Å²) < 4.78 is 10.5. The van der Waals surface area contributed by atoms with E-state index in [0.29, 0.717) is 24.5 Å². The van der Waals surface area contributed by atoms with Crippen LogP contribution < -0.4 is 10.1 Å². The second-order valence-corrected chi connectivity index (χ2v) is 4.81. The lowest BCUT2D eigenvalue weighted by molar-refractivity contribution is -0.132. The fourth-order valence-corrected chi connectivity index (χ4v) is 2.05. The van der Waals surface area contributed by atoms with Crippen molar-refractivity contribution < 1.29 is 18.7 Å². The van der Waals surface area contributed by atoms with Gasteiger partial charge in [0.15, 0.2) is 12.4 Å². The van der Waals surface area contributed by atoms with Gasteiger partial charge in [-0.05, 0) is 50.2 Å². The second kappa shape index (κ2) is 8.03. The Morgan fingerprint density at radius 3 is 2.39 bits per heavy atom. The van der Waals surface area contributed by atoms with Crippen LogP contribution >= 0.6 is 0 Å². The third-order valence-electron chi connectivity index (χ3n) is 3.34. The van der Waals surface area contributed by atoms with Gasteiger partial charge in [0, 0.05) is 18.8 Å². The zero-order valence-corrected chi connectivity index (χ0v) is 13.2. The first kappa shape index (κ1) is 16.6. The van der Waals surface area contributed by atoms with Gasteiger partial charge in [-0.25, -0.2) is 0 Å². The van der Waals surface area contributed by atoms with Crippen molar-refractivity contribution >= 4 is 17.5 Å². The number of nitrogens with one attached hydrogen (secondary N) is 1. The Bertz CT molecular complexity index is 631. The maximum atomic E-state index is 11.9. The molecule has 0 radical (unpaired) electrons. The van der Waals surface area contributed by atoms with E-state index in [1.54, 1.807) is 41.3 Å². The molecule has 0 aliphatic carbocycles. The van der Waals surface area contributed by atoms with Crippen molar-refractivity contribution in [3.8, 4) is 5.75 Å². The summed E-state index contributed by atoms with van der Waals surface area (Å²) in [4.78, 5) is 25.4. The van der Waals surface area contributed by atoms with Gasteiger partial charge in [0.05, 0.1) is 6.26 Å². The molecule has 6 heteroatoms. The van der Waals surface area contributed by atoms with Crippen LogP contribution in [-0.4, -0.2) is 36.4 Å². The predicted molar refractivity (Wildman–Crippen MR) is 86.5 cm³/mol. The molecule has 2 rings (SSSR count). The van der Waals surface area contributed by atoms with Gasteiger partial charge >= 0.3 is 0 Å². The molecule has 1 aromatic heterocycles. The maximum Gasteiger partial charge on any atom is 0.291 e. The summed E-state index contributed by atoms with van der Waals surface area (Å²) in [6.45, 7) is 5.18. The first-order valence-electron chi connectivity index (χ1n) is 7.49. The molecule has 23 heavy (non-hydrogen) atoms. The Labute approximate surface area is 135 Å². The number of hydrogen-bond donors (Lipinski definition) is 1. The summed E-state index contributed by atoms with van der Waals surface area (Å²) in [6.07, 6.45) is 1.44. The number of anilines is 1.